The second-order valence-electron chi connectivity index (χ2n) is 10.2. The maximum Gasteiger partial charge on any atom is 0.245 e. The molecule has 11 heteroatoms. The molecule has 0 unspecified atom stereocenters. The molecule has 1 aromatic carbocycles. The number of likely N-dealkylation sites (tertiary alicyclic amines) is 2. The highest BCUT2D eigenvalue weighted by Crippen LogP contribution is 2.29. The van der Waals surface area contributed by atoms with Crippen LogP contribution < -0.4 is 10.5 Å². The molecule has 202 valence electrons. The Morgan fingerprint density at radius 3 is 2.54 bits per heavy atom. The third-order valence-corrected chi connectivity index (χ3v) is 8.38. The van der Waals surface area contributed by atoms with Crippen molar-refractivity contribution in [1.82, 2.24) is 19.1 Å². The summed E-state index contributed by atoms with van der Waals surface area (Å²) in [5.41, 5.74) is 8.65. The van der Waals surface area contributed by atoms with E-state index >= 15 is 0 Å². The normalized spacial score (nSPS) is 21.1. The first kappa shape index (κ1) is 27.1. The zero-order valence-electron chi connectivity index (χ0n) is 21.9. The van der Waals surface area contributed by atoms with Crippen molar-refractivity contribution < 1.29 is 18.0 Å². The number of hydrogen-bond donors (Lipinski definition) is 3. The van der Waals surface area contributed by atoms with Gasteiger partial charge in [-0.05, 0) is 69.9 Å². The van der Waals surface area contributed by atoms with Crippen molar-refractivity contribution in [3.05, 3.63) is 35.5 Å². The van der Waals surface area contributed by atoms with E-state index in [2.05, 4.69) is 22.3 Å². The van der Waals surface area contributed by atoms with Gasteiger partial charge in [-0.2, -0.15) is 0 Å². The highest BCUT2D eigenvalue weighted by molar-refractivity contribution is 7.88. The van der Waals surface area contributed by atoms with Crippen LogP contribution in [-0.2, 0) is 32.6 Å². The molecular formula is C26H38N6O4S. The van der Waals surface area contributed by atoms with E-state index in [1.807, 2.05) is 23.1 Å². The fourth-order valence-corrected chi connectivity index (χ4v) is 6.64. The van der Waals surface area contributed by atoms with E-state index in [0.29, 0.717) is 25.1 Å². The molecule has 2 fully saturated rings. The predicted molar refractivity (Wildman–Crippen MR) is 144 cm³/mol. The van der Waals surface area contributed by atoms with Crippen molar-refractivity contribution in [3.63, 3.8) is 0 Å². The second kappa shape index (κ2) is 10.8. The summed E-state index contributed by atoms with van der Waals surface area (Å²) in [6.07, 6.45) is 5.86. The molecule has 4 N–H and O–H groups in total. The number of nitrogens with zero attached hydrogens (tertiary/aromatic N) is 3. The van der Waals surface area contributed by atoms with Gasteiger partial charge in [-0.3, -0.25) is 15.0 Å². The van der Waals surface area contributed by atoms with Crippen LogP contribution in [0.1, 0.15) is 57.2 Å². The van der Waals surface area contributed by atoms with Gasteiger partial charge in [-0.25, -0.2) is 13.1 Å². The number of benzene rings is 1. The molecule has 3 atom stereocenters. The lowest BCUT2D eigenvalue weighted by molar-refractivity contribution is -0.145. The van der Waals surface area contributed by atoms with Crippen LogP contribution >= 0.6 is 0 Å². The average molecular weight is 531 g/mol. The van der Waals surface area contributed by atoms with Crippen LogP contribution in [0.15, 0.2) is 24.3 Å². The molecule has 3 heterocycles. The number of amidine groups is 1. The van der Waals surface area contributed by atoms with Crippen LogP contribution in [0.25, 0.3) is 10.9 Å². The molecule has 2 amide bonds. The van der Waals surface area contributed by atoms with Crippen LogP contribution in [-0.4, -0.2) is 77.9 Å². The Morgan fingerprint density at radius 1 is 1.16 bits per heavy atom. The minimum Gasteiger partial charge on any atom is -0.384 e. The minimum atomic E-state index is -3.53. The molecule has 0 saturated carbocycles. The van der Waals surface area contributed by atoms with E-state index in [4.69, 9.17) is 11.1 Å². The Morgan fingerprint density at radius 2 is 1.86 bits per heavy atom. The van der Waals surface area contributed by atoms with Gasteiger partial charge in [-0.15, -0.1) is 0 Å². The fraction of sp³-hybridized carbons (Fsp3) is 0.577. The first-order valence-corrected chi connectivity index (χ1v) is 14.9. The van der Waals surface area contributed by atoms with Crippen LogP contribution in [0, 0.1) is 5.41 Å². The monoisotopic (exact) mass is 530 g/mol. The number of rotatable bonds is 9. The van der Waals surface area contributed by atoms with Gasteiger partial charge < -0.3 is 20.1 Å². The maximum atomic E-state index is 13.6. The summed E-state index contributed by atoms with van der Waals surface area (Å²) >= 11 is 0. The summed E-state index contributed by atoms with van der Waals surface area (Å²) in [7, 11) is -3.53. The van der Waals surface area contributed by atoms with Crippen molar-refractivity contribution in [2.24, 2.45) is 5.73 Å². The van der Waals surface area contributed by atoms with E-state index < -0.39 is 22.1 Å². The molecular weight excluding hydrogens is 492 g/mol. The highest BCUT2D eigenvalue weighted by Gasteiger charge is 2.41. The number of amides is 2. The van der Waals surface area contributed by atoms with Crippen LogP contribution in [0.5, 0.6) is 0 Å². The smallest absolute Gasteiger partial charge is 0.245 e. The molecule has 0 aliphatic carbocycles. The Balaban J connectivity index is 1.46. The number of sulfonamides is 1. The number of nitrogens with one attached hydrogen (secondary N) is 2. The molecule has 2 aromatic rings. The number of carbonyl (C=O) groups is 2. The number of fused-ring (bicyclic) bond motifs is 1. The van der Waals surface area contributed by atoms with Crippen molar-refractivity contribution >= 4 is 38.6 Å². The van der Waals surface area contributed by atoms with Crippen molar-refractivity contribution in [2.45, 2.75) is 77.0 Å². The lowest BCUT2D eigenvalue weighted by atomic mass is 10.1. The number of nitrogens with two attached hydrogens (primary N) is 1. The summed E-state index contributed by atoms with van der Waals surface area (Å²) in [4.78, 5) is 30.1. The third kappa shape index (κ3) is 5.82. The molecule has 2 saturated heterocycles. The molecule has 1 aromatic heterocycles. The average Bonchev–Trinajstić information content (AvgIpc) is 3.58. The van der Waals surface area contributed by atoms with Crippen LogP contribution in [0.2, 0.25) is 0 Å². The first-order valence-electron chi connectivity index (χ1n) is 13.0. The van der Waals surface area contributed by atoms with Gasteiger partial charge >= 0.3 is 0 Å². The Bertz CT molecular complexity index is 1300. The highest BCUT2D eigenvalue weighted by atomic mass is 32.2. The van der Waals surface area contributed by atoms with Crippen molar-refractivity contribution in [3.8, 4) is 0 Å². The summed E-state index contributed by atoms with van der Waals surface area (Å²) < 4.78 is 27.8. The standard InChI is InChI=1S/C26H38N6O4S/c1-4-30-21(15-18-9-10-19(24(27)28)16-23(18)30)12-11-20-7-5-13-31(20)26(34)22-8-6-14-32(22)25(33)17(2)29-37(3,35)36/h9-10,15-17,20,22,29H,4-8,11-14H2,1-3H3,(H3,27,28)/t17-,20-,22+/m0/s1. The maximum absolute atomic E-state index is 13.6. The van der Waals surface area contributed by atoms with Crippen LogP contribution in [0.3, 0.4) is 0 Å². The lowest BCUT2D eigenvalue weighted by Crippen LogP contribution is -2.53. The Labute approximate surface area is 218 Å². The van der Waals surface area contributed by atoms with Gasteiger partial charge in [0.2, 0.25) is 21.8 Å². The van der Waals surface area contributed by atoms with Gasteiger partial charge in [0.25, 0.3) is 0 Å². The van der Waals surface area contributed by atoms with E-state index in [9.17, 15) is 18.0 Å². The zero-order chi connectivity index (χ0) is 26.9. The minimum absolute atomic E-state index is 0.0259. The summed E-state index contributed by atoms with van der Waals surface area (Å²) in [6, 6.07) is 6.67. The first-order chi connectivity index (χ1) is 17.5. The molecule has 10 nitrogen and oxygen atoms in total. The van der Waals surface area contributed by atoms with Gasteiger partial charge in [0.15, 0.2) is 0 Å². The van der Waals surface area contributed by atoms with E-state index in [1.54, 1.807) is 4.90 Å². The molecule has 2 aliphatic rings. The largest absolute Gasteiger partial charge is 0.384 e. The number of nitrogen functional groups attached to an aromatic ring is 1. The van der Waals surface area contributed by atoms with Gasteiger partial charge in [0.1, 0.15) is 11.9 Å². The third-order valence-electron chi connectivity index (χ3n) is 7.59. The van der Waals surface area contributed by atoms with Crippen molar-refractivity contribution in [1.29, 1.82) is 5.41 Å². The number of aryl methyl sites for hydroxylation is 2. The molecule has 37 heavy (non-hydrogen) atoms. The van der Waals surface area contributed by atoms with Gasteiger partial charge in [0.05, 0.1) is 12.3 Å². The molecule has 2 aliphatic heterocycles. The number of aromatic nitrogens is 1. The fourth-order valence-electron chi connectivity index (χ4n) is 5.90. The Hall–Kier alpha value is -2.92. The molecule has 0 bridgehead atoms. The number of hydrogen-bond acceptors (Lipinski definition) is 5. The summed E-state index contributed by atoms with van der Waals surface area (Å²) in [5, 5.41) is 8.86. The predicted octanol–water partition coefficient (Wildman–Crippen LogP) is 1.80. The van der Waals surface area contributed by atoms with Crippen molar-refractivity contribution in [2.75, 3.05) is 19.3 Å². The van der Waals surface area contributed by atoms with Gasteiger partial charge in [-0.1, -0.05) is 12.1 Å². The molecule has 0 spiro atoms. The summed E-state index contributed by atoms with van der Waals surface area (Å²) in [6.45, 7) is 5.56. The van der Waals surface area contributed by atoms with Gasteiger partial charge in [0, 0.05) is 42.5 Å². The van der Waals surface area contributed by atoms with E-state index in [0.717, 1.165) is 55.8 Å². The van der Waals surface area contributed by atoms with Crippen LogP contribution in [0.4, 0.5) is 0 Å². The Kier molecular flexibility index (Phi) is 7.94. The number of carbonyl (C=O) groups excluding carboxylic acids is 2. The van der Waals surface area contributed by atoms with E-state index in [-0.39, 0.29) is 23.7 Å². The SMILES string of the molecule is CCn1c(CC[C@@H]2CCCN2C(=O)[C@H]2CCCN2C(=O)[C@H](C)NS(C)(=O)=O)cc2ccc(C(=N)N)cc21. The molecule has 0 radical (unpaired) electrons. The quantitative estimate of drug-likeness (QED) is 0.335. The lowest BCUT2D eigenvalue weighted by Gasteiger charge is -2.32. The topological polar surface area (TPSA) is 142 Å². The zero-order valence-corrected chi connectivity index (χ0v) is 22.7. The second-order valence-corrected chi connectivity index (χ2v) is 12.0. The van der Waals surface area contributed by atoms with E-state index in [1.165, 1.54) is 12.6 Å². The summed E-state index contributed by atoms with van der Waals surface area (Å²) in [5.74, 6) is -0.329. The molecule has 4 rings (SSSR count).